The van der Waals surface area contributed by atoms with Crippen LogP contribution in [0.15, 0.2) is 89.6 Å². The molecule has 1 unspecified atom stereocenters. The van der Waals surface area contributed by atoms with E-state index in [0.29, 0.717) is 0 Å². The Balaban J connectivity index is 1.41. The van der Waals surface area contributed by atoms with E-state index in [9.17, 15) is 19.2 Å². The van der Waals surface area contributed by atoms with E-state index in [0.717, 1.165) is 16.0 Å². The van der Waals surface area contributed by atoms with E-state index < -0.39 is 35.5 Å². The van der Waals surface area contributed by atoms with Gasteiger partial charge in [-0.15, -0.1) is 23.1 Å². The molecule has 1 fully saturated rings. The molecule has 0 saturated carbocycles. The Morgan fingerprint density at radius 1 is 1.00 bits per heavy atom. The molecule has 1 aromatic heterocycles. The quantitative estimate of drug-likeness (QED) is 0.318. The zero-order valence-electron chi connectivity index (χ0n) is 20.9. The predicted octanol–water partition coefficient (Wildman–Crippen LogP) is 3.59. The molecule has 2 aliphatic rings. The predicted molar refractivity (Wildman–Crippen MR) is 146 cm³/mol. The van der Waals surface area contributed by atoms with E-state index in [-0.39, 0.29) is 29.5 Å². The Hall–Kier alpha value is -4.09. The molecule has 200 valence electrons. The highest BCUT2D eigenvalue weighted by Crippen LogP contribution is 2.41. The minimum absolute atomic E-state index is 0.0743. The first-order chi connectivity index (χ1) is 19.0. The van der Waals surface area contributed by atoms with Crippen molar-refractivity contribution in [1.29, 1.82) is 0 Å². The first kappa shape index (κ1) is 26.5. The van der Waals surface area contributed by atoms with Crippen molar-refractivity contribution in [2.75, 3.05) is 12.9 Å². The molecule has 5 rings (SSSR count). The molecular weight excluding hydrogens is 538 g/mol. The Morgan fingerprint density at radius 3 is 2.26 bits per heavy atom. The zero-order valence-corrected chi connectivity index (χ0v) is 22.5. The number of alkyl carbamates (subject to hydrolysis) is 1. The number of thiophene rings is 1. The summed E-state index contributed by atoms with van der Waals surface area (Å²) in [6, 6.07) is 21.4. The number of benzene rings is 2. The first-order valence-electron chi connectivity index (χ1n) is 12.1. The van der Waals surface area contributed by atoms with E-state index in [4.69, 9.17) is 9.47 Å². The molecule has 1 saturated heterocycles. The molecule has 2 aliphatic heterocycles. The maximum atomic E-state index is 13.7. The number of β-lactam (4-membered cyclic amide) rings is 1. The van der Waals surface area contributed by atoms with Gasteiger partial charge in [0, 0.05) is 10.6 Å². The second kappa shape index (κ2) is 11.7. The summed E-state index contributed by atoms with van der Waals surface area (Å²) in [4.78, 5) is 53.9. The number of thioether (sulfide) groups is 1. The maximum Gasteiger partial charge on any atom is 0.411 e. The lowest BCUT2D eigenvalue weighted by Gasteiger charge is -2.49. The third kappa shape index (κ3) is 5.69. The maximum absolute atomic E-state index is 13.7. The number of hydrogen-bond acceptors (Lipinski definition) is 8. The molecule has 0 radical (unpaired) electrons. The number of hydrogen-bond donors (Lipinski definition) is 2. The number of methoxy groups -OCH3 is 1. The lowest BCUT2D eigenvalue weighted by Crippen LogP contribution is -2.71. The largest absolute Gasteiger partial charge is 0.453 e. The fraction of sp³-hybridized carbons (Fsp3) is 0.214. The molecule has 0 bridgehead atoms. The van der Waals surface area contributed by atoms with Gasteiger partial charge in [0.15, 0.2) is 11.8 Å². The van der Waals surface area contributed by atoms with Crippen LogP contribution < -0.4 is 10.6 Å². The van der Waals surface area contributed by atoms with Crippen molar-refractivity contribution in [3.05, 3.63) is 106 Å². The highest BCUT2D eigenvalue weighted by atomic mass is 32.2. The SMILES string of the molecule is COC(=O)NC1=C(C(=O)OC(c2ccccc2)c2ccccc2)N2C(=O)C(NC(=O)Cc3cccs3)[C@@H]2SC1. The van der Waals surface area contributed by atoms with Crippen LogP contribution in [0.25, 0.3) is 0 Å². The van der Waals surface area contributed by atoms with Crippen molar-refractivity contribution in [2.24, 2.45) is 0 Å². The van der Waals surface area contributed by atoms with Gasteiger partial charge in [-0.2, -0.15) is 0 Å². The number of ether oxygens (including phenoxy) is 2. The average Bonchev–Trinajstić information content (AvgIpc) is 3.48. The summed E-state index contributed by atoms with van der Waals surface area (Å²) < 4.78 is 10.7. The van der Waals surface area contributed by atoms with Crippen molar-refractivity contribution >= 4 is 47.0 Å². The van der Waals surface area contributed by atoms with Gasteiger partial charge in [-0.3, -0.25) is 19.8 Å². The van der Waals surface area contributed by atoms with Gasteiger partial charge >= 0.3 is 12.1 Å². The van der Waals surface area contributed by atoms with Gasteiger partial charge in [0.25, 0.3) is 5.91 Å². The summed E-state index contributed by atoms with van der Waals surface area (Å²) in [6.45, 7) is 0. The minimum Gasteiger partial charge on any atom is -0.453 e. The average molecular weight is 564 g/mol. The number of esters is 1. The van der Waals surface area contributed by atoms with Crippen molar-refractivity contribution in [3.63, 3.8) is 0 Å². The molecule has 0 spiro atoms. The molecular formula is C28H25N3O6S2. The van der Waals surface area contributed by atoms with Crippen LogP contribution in [0.5, 0.6) is 0 Å². The number of rotatable bonds is 8. The molecule has 2 atom stereocenters. The second-order valence-corrected chi connectivity index (χ2v) is 10.9. The van der Waals surface area contributed by atoms with Crippen LogP contribution in [0.3, 0.4) is 0 Å². The monoisotopic (exact) mass is 563 g/mol. The molecule has 0 aliphatic carbocycles. The fourth-order valence-corrected chi connectivity index (χ4v) is 6.41. The third-order valence-corrected chi connectivity index (χ3v) is 8.42. The number of amides is 3. The van der Waals surface area contributed by atoms with Crippen molar-refractivity contribution in [3.8, 4) is 0 Å². The van der Waals surface area contributed by atoms with E-state index >= 15 is 0 Å². The third-order valence-electron chi connectivity index (χ3n) is 6.26. The van der Waals surface area contributed by atoms with Gasteiger partial charge in [-0.1, -0.05) is 66.7 Å². The Labute approximate surface area is 233 Å². The molecule has 3 heterocycles. The van der Waals surface area contributed by atoms with Gasteiger partial charge in [0.2, 0.25) is 5.91 Å². The minimum atomic E-state index is -0.802. The molecule has 2 aromatic carbocycles. The molecule has 3 amide bonds. The number of carbonyl (C=O) groups excluding carboxylic acids is 4. The van der Waals surface area contributed by atoms with Crippen LogP contribution in [0.4, 0.5) is 4.79 Å². The van der Waals surface area contributed by atoms with E-state index in [2.05, 4.69) is 10.6 Å². The van der Waals surface area contributed by atoms with Crippen LogP contribution in [0.2, 0.25) is 0 Å². The number of nitrogens with zero attached hydrogens (tertiary/aromatic N) is 1. The Morgan fingerprint density at radius 2 is 1.67 bits per heavy atom. The van der Waals surface area contributed by atoms with E-state index in [1.54, 1.807) is 0 Å². The van der Waals surface area contributed by atoms with Gasteiger partial charge in [-0.25, -0.2) is 9.59 Å². The fourth-order valence-electron chi connectivity index (χ4n) is 4.42. The van der Waals surface area contributed by atoms with Gasteiger partial charge in [0.1, 0.15) is 11.4 Å². The lowest BCUT2D eigenvalue weighted by molar-refractivity contribution is -0.154. The summed E-state index contributed by atoms with van der Waals surface area (Å²) in [6.07, 6.45) is -1.36. The first-order valence-corrected chi connectivity index (χ1v) is 14.0. The van der Waals surface area contributed by atoms with Gasteiger partial charge < -0.3 is 14.8 Å². The lowest BCUT2D eigenvalue weighted by atomic mass is 10.0. The van der Waals surface area contributed by atoms with Crippen LogP contribution in [0, 0.1) is 0 Å². The van der Waals surface area contributed by atoms with Crippen LogP contribution >= 0.6 is 23.1 Å². The number of nitrogens with one attached hydrogen (secondary N) is 2. The van der Waals surface area contributed by atoms with E-state index in [1.165, 1.54) is 35.1 Å². The molecule has 3 aromatic rings. The summed E-state index contributed by atoms with van der Waals surface area (Å²) >= 11 is 2.78. The Kier molecular flexibility index (Phi) is 7.99. The smallest absolute Gasteiger partial charge is 0.411 e. The summed E-state index contributed by atoms with van der Waals surface area (Å²) in [5.74, 6) is -1.32. The van der Waals surface area contributed by atoms with Crippen molar-refractivity contribution in [1.82, 2.24) is 15.5 Å². The molecule has 2 N–H and O–H groups in total. The van der Waals surface area contributed by atoms with Crippen LogP contribution in [-0.4, -0.2) is 53.1 Å². The highest BCUT2D eigenvalue weighted by molar-refractivity contribution is 8.00. The molecule has 11 heteroatoms. The summed E-state index contributed by atoms with van der Waals surface area (Å²) in [5.41, 5.74) is 1.62. The van der Waals surface area contributed by atoms with Crippen molar-refractivity contribution < 1.29 is 28.7 Å². The number of carbonyl (C=O) groups is 4. The summed E-state index contributed by atoms with van der Waals surface area (Å²) in [5, 5.41) is 6.71. The molecule has 9 nitrogen and oxygen atoms in total. The zero-order chi connectivity index (χ0) is 27.4. The Bertz CT molecular complexity index is 1360. The van der Waals surface area contributed by atoms with E-state index in [1.807, 2.05) is 78.2 Å². The van der Waals surface area contributed by atoms with Crippen LogP contribution in [-0.2, 0) is 30.3 Å². The van der Waals surface area contributed by atoms with Crippen LogP contribution in [0.1, 0.15) is 22.1 Å². The summed E-state index contributed by atoms with van der Waals surface area (Å²) in [7, 11) is 1.21. The topological polar surface area (TPSA) is 114 Å². The highest BCUT2D eigenvalue weighted by Gasteiger charge is 2.55. The number of fused-ring (bicyclic) bond motifs is 1. The molecule has 39 heavy (non-hydrogen) atoms. The van der Waals surface area contributed by atoms with Gasteiger partial charge in [0.05, 0.1) is 19.2 Å². The van der Waals surface area contributed by atoms with Crippen molar-refractivity contribution in [2.45, 2.75) is 23.9 Å². The van der Waals surface area contributed by atoms with Gasteiger partial charge in [-0.05, 0) is 22.6 Å². The normalized spacial score (nSPS) is 18.2. The standard InChI is InChI=1S/C28H25N3O6S2/c1-36-28(35)29-20-16-39-26-22(30-21(32)15-19-13-8-14-38-19)25(33)31(26)23(20)27(34)37-24(17-9-4-2-5-10-17)18-11-6-3-7-12-18/h2-14,22,24,26H,15-16H2,1H3,(H,29,35)(H,30,32)/t22?,26-/m0/s1. The second-order valence-electron chi connectivity index (χ2n) is 8.76.